The summed E-state index contributed by atoms with van der Waals surface area (Å²) in [6, 6.07) is 14.6. The van der Waals surface area contributed by atoms with Crippen molar-refractivity contribution >= 4 is 11.7 Å². The van der Waals surface area contributed by atoms with E-state index in [9.17, 15) is 4.79 Å². The van der Waals surface area contributed by atoms with Crippen molar-refractivity contribution < 1.29 is 9.53 Å². The van der Waals surface area contributed by atoms with E-state index >= 15 is 0 Å². The molecular weight excluding hydrogens is 298 g/mol. The molecule has 3 nitrogen and oxygen atoms in total. The van der Waals surface area contributed by atoms with Gasteiger partial charge in [-0.3, -0.25) is 0 Å². The molecule has 2 aliphatic rings. The van der Waals surface area contributed by atoms with Crippen LogP contribution in [0.5, 0.6) is 0 Å². The molecule has 0 aromatic heterocycles. The van der Waals surface area contributed by atoms with Gasteiger partial charge in [0.05, 0.1) is 18.7 Å². The van der Waals surface area contributed by atoms with E-state index < -0.39 is 0 Å². The van der Waals surface area contributed by atoms with Crippen LogP contribution in [0.4, 0.5) is 5.69 Å². The fourth-order valence-corrected chi connectivity index (χ4v) is 4.05. The van der Waals surface area contributed by atoms with Gasteiger partial charge in [-0.25, -0.2) is 4.79 Å². The van der Waals surface area contributed by atoms with Gasteiger partial charge in [0.1, 0.15) is 0 Å². The second-order valence-electron chi connectivity index (χ2n) is 6.63. The lowest BCUT2D eigenvalue weighted by molar-refractivity contribution is 0.0600. The van der Waals surface area contributed by atoms with Crippen LogP contribution < -0.4 is 5.32 Å². The number of nitrogens with one attached hydrogen (secondary N) is 1. The van der Waals surface area contributed by atoms with Crippen molar-refractivity contribution in [1.29, 1.82) is 0 Å². The highest BCUT2D eigenvalue weighted by atomic mass is 16.5. The Bertz CT molecular complexity index is 807. The zero-order valence-electron chi connectivity index (χ0n) is 14.0. The Labute approximate surface area is 142 Å². The number of rotatable bonds is 2. The third kappa shape index (κ3) is 2.32. The summed E-state index contributed by atoms with van der Waals surface area (Å²) in [6.45, 7) is 2.15. The van der Waals surface area contributed by atoms with Crippen LogP contribution in [0.25, 0.3) is 0 Å². The van der Waals surface area contributed by atoms with E-state index in [1.165, 1.54) is 29.5 Å². The summed E-state index contributed by atoms with van der Waals surface area (Å²) >= 11 is 0. The summed E-state index contributed by atoms with van der Waals surface area (Å²) in [5.74, 6) is 0.689. The molecule has 1 heterocycles. The maximum atomic E-state index is 11.6. The Hall–Kier alpha value is -2.55. The molecule has 4 rings (SSSR count). The van der Waals surface area contributed by atoms with Crippen LogP contribution in [-0.2, 0) is 4.74 Å². The van der Waals surface area contributed by atoms with Crippen LogP contribution >= 0.6 is 0 Å². The van der Waals surface area contributed by atoms with Crippen molar-refractivity contribution in [3.8, 4) is 0 Å². The number of carbonyl (C=O) groups is 1. The number of methoxy groups -OCH3 is 1. The van der Waals surface area contributed by atoms with E-state index in [1.807, 2.05) is 24.3 Å². The summed E-state index contributed by atoms with van der Waals surface area (Å²) in [7, 11) is 1.41. The van der Waals surface area contributed by atoms with Gasteiger partial charge in [0.25, 0.3) is 0 Å². The first-order valence-electron chi connectivity index (χ1n) is 8.40. The molecule has 3 atom stereocenters. The Morgan fingerprint density at radius 1 is 1.17 bits per heavy atom. The summed E-state index contributed by atoms with van der Waals surface area (Å²) < 4.78 is 4.79. The Morgan fingerprint density at radius 2 is 1.96 bits per heavy atom. The number of allylic oxidation sites excluding steroid dienone is 2. The molecule has 1 aliphatic carbocycles. The molecule has 24 heavy (non-hydrogen) atoms. The zero-order valence-corrected chi connectivity index (χ0v) is 14.0. The van der Waals surface area contributed by atoms with Gasteiger partial charge in [-0.05, 0) is 48.1 Å². The van der Waals surface area contributed by atoms with Crippen LogP contribution in [0.15, 0.2) is 54.6 Å². The van der Waals surface area contributed by atoms with Gasteiger partial charge >= 0.3 is 5.97 Å². The molecule has 0 fully saturated rings. The maximum absolute atomic E-state index is 11.6. The third-order valence-electron chi connectivity index (χ3n) is 5.30. The lowest BCUT2D eigenvalue weighted by Gasteiger charge is -2.38. The fraction of sp³-hybridized carbons (Fsp3) is 0.286. The largest absolute Gasteiger partial charge is 0.465 e. The van der Waals surface area contributed by atoms with Gasteiger partial charge in [0.2, 0.25) is 0 Å². The van der Waals surface area contributed by atoms with E-state index in [-0.39, 0.29) is 12.0 Å². The number of para-hydroxylation sites is 1. The van der Waals surface area contributed by atoms with Gasteiger partial charge in [0.15, 0.2) is 0 Å². The quantitative estimate of drug-likeness (QED) is 0.649. The number of aryl methyl sites for hydroxylation is 1. The summed E-state index contributed by atoms with van der Waals surface area (Å²) in [4.78, 5) is 11.6. The molecular formula is C21H21NO2. The van der Waals surface area contributed by atoms with Gasteiger partial charge in [0, 0.05) is 11.6 Å². The predicted octanol–water partition coefficient (Wildman–Crippen LogP) is 4.61. The SMILES string of the molecule is COC(=O)c1ccc([C@H]2Nc3c(C)cccc3[C@H]3C=CC[C@H]32)cc1. The Balaban J connectivity index is 1.71. The topological polar surface area (TPSA) is 38.3 Å². The average molecular weight is 319 g/mol. The molecule has 0 spiro atoms. The minimum atomic E-state index is -0.292. The first-order chi connectivity index (χ1) is 11.7. The van der Waals surface area contributed by atoms with E-state index in [2.05, 4.69) is 42.6 Å². The number of anilines is 1. The molecule has 0 unspecified atom stereocenters. The molecule has 122 valence electrons. The molecule has 1 N–H and O–H groups in total. The second kappa shape index (κ2) is 5.82. The summed E-state index contributed by atoms with van der Waals surface area (Å²) in [5, 5.41) is 3.76. The van der Waals surface area contributed by atoms with Crippen LogP contribution in [0.1, 0.15) is 45.4 Å². The van der Waals surface area contributed by atoms with E-state index in [1.54, 1.807) is 0 Å². The van der Waals surface area contributed by atoms with E-state index in [0.29, 0.717) is 17.4 Å². The number of benzene rings is 2. The van der Waals surface area contributed by atoms with Crippen molar-refractivity contribution in [3.05, 3.63) is 76.9 Å². The highest BCUT2D eigenvalue weighted by molar-refractivity contribution is 5.89. The number of fused-ring (bicyclic) bond motifs is 3. The molecule has 0 bridgehead atoms. The number of carbonyl (C=O) groups excluding carboxylic acids is 1. The van der Waals surface area contributed by atoms with Crippen molar-refractivity contribution in [2.24, 2.45) is 5.92 Å². The number of hydrogen-bond donors (Lipinski definition) is 1. The molecule has 3 heteroatoms. The second-order valence-corrected chi connectivity index (χ2v) is 6.63. The molecule has 1 aliphatic heterocycles. The fourth-order valence-electron chi connectivity index (χ4n) is 4.05. The van der Waals surface area contributed by atoms with Crippen molar-refractivity contribution in [1.82, 2.24) is 0 Å². The highest BCUT2D eigenvalue weighted by Gasteiger charge is 2.38. The lowest BCUT2D eigenvalue weighted by atomic mass is 9.76. The third-order valence-corrected chi connectivity index (χ3v) is 5.30. The molecule has 0 amide bonds. The number of ether oxygens (including phenoxy) is 1. The monoisotopic (exact) mass is 319 g/mol. The predicted molar refractivity (Wildman–Crippen MR) is 95.3 cm³/mol. The normalized spacial score (nSPS) is 24.0. The Morgan fingerprint density at radius 3 is 2.71 bits per heavy atom. The van der Waals surface area contributed by atoms with Crippen molar-refractivity contribution in [2.75, 3.05) is 12.4 Å². The average Bonchev–Trinajstić information content (AvgIpc) is 3.11. The minimum Gasteiger partial charge on any atom is -0.465 e. The zero-order chi connectivity index (χ0) is 16.7. The first-order valence-corrected chi connectivity index (χ1v) is 8.40. The minimum absolute atomic E-state index is 0.255. The number of esters is 1. The van der Waals surface area contributed by atoms with E-state index in [0.717, 1.165) is 6.42 Å². The van der Waals surface area contributed by atoms with Gasteiger partial charge in [-0.2, -0.15) is 0 Å². The number of hydrogen-bond acceptors (Lipinski definition) is 3. The van der Waals surface area contributed by atoms with Crippen molar-refractivity contribution in [3.63, 3.8) is 0 Å². The van der Waals surface area contributed by atoms with Crippen molar-refractivity contribution in [2.45, 2.75) is 25.3 Å². The molecule has 0 radical (unpaired) electrons. The molecule has 0 saturated heterocycles. The standard InChI is InChI=1S/C21H21NO2/c1-13-5-3-7-17-16-6-4-8-18(16)20(22-19(13)17)14-9-11-15(12-10-14)21(23)24-2/h3-7,9-12,16,18,20,22H,8H2,1-2H3/t16-,18-,20-/m1/s1. The van der Waals surface area contributed by atoms with Crippen LogP contribution in [0, 0.1) is 12.8 Å². The van der Waals surface area contributed by atoms with Crippen LogP contribution in [0.2, 0.25) is 0 Å². The molecule has 2 aromatic carbocycles. The van der Waals surface area contributed by atoms with Gasteiger partial charge in [-0.1, -0.05) is 42.5 Å². The smallest absolute Gasteiger partial charge is 0.337 e. The molecule has 0 saturated carbocycles. The van der Waals surface area contributed by atoms with E-state index in [4.69, 9.17) is 4.74 Å². The summed E-state index contributed by atoms with van der Waals surface area (Å²) in [6.07, 6.45) is 5.72. The van der Waals surface area contributed by atoms with Gasteiger partial charge < -0.3 is 10.1 Å². The Kier molecular flexibility index (Phi) is 3.64. The maximum Gasteiger partial charge on any atom is 0.337 e. The lowest BCUT2D eigenvalue weighted by Crippen LogP contribution is -2.29. The first kappa shape index (κ1) is 15.0. The van der Waals surface area contributed by atoms with Crippen LogP contribution in [-0.4, -0.2) is 13.1 Å². The highest BCUT2D eigenvalue weighted by Crippen LogP contribution is 2.50. The molecule has 2 aromatic rings. The van der Waals surface area contributed by atoms with Crippen LogP contribution in [0.3, 0.4) is 0 Å². The van der Waals surface area contributed by atoms with Gasteiger partial charge in [-0.15, -0.1) is 0 Å². The summed E-state index contributed by atoms with van der Waals surface area (Å²) in [5.41, 5.74) is 5.75.